The quantitative estimate of drug-likeness (QED) is 0.455. The number of halogens is 1. The lowest BCUT2D eigenvalue weighted by molar-refractivity contribution is -0.385. The Morgan fingerprint density at radius 1 is 1.50 bits per heavy atom. The number of nitro benzene ring substituents is 1. The first-order valence-corrected chi connectivity index (χ1v) is 7.17. The summed E-state index contributed by atoms with van der Waals surface area (Å²) in [6.07, 6.45) is 1.10. The maximum Gasteiger partial charge on any atom is 0.275 e. The first kappa shape index (κ1) is 16.9. The topological polar surface area (TPSA) is 58.4 Å². The van der Waals surface area contributed by atoms with E-state index < -0.39 is 4.92 Å². The molecule has 0 heterocycles. The van der Waals surface area contributed by atoms with Crippen LogP contribution in [0.3, 0.4) is 0 Å². The van der Waals surface area contributed by atoms with Gasteiger partial charge in [0.25, 0.3) is 5.69 Å². The predicted molar refractivity (Wildman–Crippen MR) is 82.2 cm³/mol. The lowest BCUT2D eigenvalue weighted by Gasteiger charge is -2.23. The maximum atomic E-state index is 11.0. The highest BCUT2D eigenvalue weighted by molar-refractivity contribution is 6.31. The van der Waals surface area contributed by atoms with Crippen LogP contribution in [0, 0.1) is 10.1 Å². The molecule has 0 saturated heterocycles. The van der Waals surface area contributed by atoms with Crippen LogP contribution in [0.25, 0.3) is 0 Å². The number of nitrogens with one attached hydrogen (secondary N) is 1. The summed E-state index contributed by atoms with van der Waals surface area (Å²) < 4.78 is 0. The van der Waals surface area contributed by atoms with Crippen LogP contribution < -0.4 is 5.32 Å². The van der Waals surface area contributed by atoms with Crippen molar-refractivity contribution in [2.24, 2.45) is 0 Å². The van der Waals surface area contributed by atoms with Gasteiger partial charge in [0.1, 0.15) is 0 Å². The highest BCUT2D eigenvalue weighted by atomic mass is 35.5. The lowest BCUT2D eigenvalue weighted by atomic mass is 10.2. The van der Waals surface area contributed by atoms with Crippen LogP contribution in [0.5, 0.6) is 0 Å². The number of rotatable bonds is 8. The number of likely N-dealkylation sites (N-methyl/N-ethyl adjacent to an activating group) is 1. The second-order valence-corrected chi connectivity index (χ2v) is 5.32. The van der Waals surface area contributed by atoms with Gasteiger partial charge in [0, 0.05) is 31.7 Å². The summed E-state index contributed by atoms with van der Waals surface area (Å²) >= 11 is 6.03. The molecule has 112 valence electrons. The standard InChI is InChI=1S/C14H22ClN3O2/c1-4-11(2)17(3)9-8-16-10-12-13(15)6-5-7-14(12)18(19)20/h5-7,11,16H,4,8-10H2,1-3H3. The van der Waals surface area contributed by atoms with Crippen LogP contribution in [-0.4, -0.2) is 36.0 Å². The molecule has 20 heavy (non-hydrogen) atoms. The summed E-state index contributed by atoms with van der Waals surface area (Å²) in [7, 11) is 2.08. The van der Waals surface area contributed by atoms with Crippen LogP contribution >= 0.6 is 11.6 Å². The van der Waals surface area contributed by atoms with Gasteiger partial charge in [0.2, 0.25) is 0 Å². The van der Waals surface area contributed by atoms with E-state index in [1.807, 2.05) is 0 Å². The molecule has 0 amide bonds. The Kier molecular flexibility index (Phi) is 6.91. The summed E-state index contributed by atoms with van der Waals surface area (Å²) in [5.74, 6) is 0. The summed E-state index contributed by atoms with van der Waals surface area (Å²) in [4.78, 5) is 12.8. The van der Waals surface area contributed by atoms with Crippen molar-refractivity contribution in [2.75, 3.05) is 20.1 Å². The molecule has 1 aromatic rings. The molecule has 0 aliphatic rings. The van der Waals surface area contributed by atoms with E-state index in [1.54, 1.807) is 12.1 Å². The van der Waals surface area contributed by atoms with Crippen molar-refractivity contribution >= 4 is 17.3 Å². The number of nitro groups is 1. The van der Waals surface area contributed by atoms with Crippen LogP contribution in [-0.2, 0) is 6.54 Å². The number of nitrogens with zero attached hydrogens (tertiary/aromatic N) is 2. The third-order valence-corrected chi connectivity index (χ3v) is 3.93. The van der Waals surface area contributed by atoms with Gasteiger partial charge in [-0.15, -0.1) is 0 Å². The average molecular weight is 300 g/mol. The van der Waals surface area contributed by atoms with E-state index in [0.29, 0.717) is 23.2 Å². The van der Waals surface area contributed by atoms with Crippen LogP contribution in [0.15, 0.2) is 18.2 Å². The van der Waals surface area contributed by atoms with Gasteiger partial charge in [-0.25, -0.2) is 0 Å². The molecule has 1 N–H and O–H groups in total. The first-order chi connectivity index (χ1) is 9.47. The third-order valence-electron chi connectivity index (χ3n) is 3.58. The third kappa shape index (κ3) is 4.74. The normalized spacial score (nSPS) is 12.7. The van der Waals surface area contributed by atoms with Gasteiger partial charge >= 0.3 is 0 Å². The van der Waals surface area contributed by atoms with Gasteiger partial charge in [0.15, 0.2) is 0 Å². The molecule has 0 fully saturated rings. The van der Waals surface area contributed by atoms with Gasteiger partial charge in [-0.05, 0) is 26.5 Å². The van der Waals surface area contributed by atoms with Crippen molar-refractivity contribution in [1.82, 2.24) is 10.2 Å². The molecule has 1 unspecified atom stereocenters. The molecular formula is C14H22ClN3O2. The predicted octanol–water partition coefficient (Wildman–Crippen LogP) is 3.07. The average Bonchev–Trinajstić information content (AvgIpc) is 2.43. The molecule has 0 aliphatic heterocycles. The molecule has 1 rings (SSSR count). The van der Waals surface area contributed by atoms with E-state index >= 15 is 0 Å². The van der Waals surface area contributed by atoms with E-state index in [4.69, 9.17) is 11.6 Å². The SMILES string of the molecule is CCC(C)N(C)CCNCc1c(Cl)cccc1[N+](=O)[O-]. The molecule has 0 radical (unpaired) electrons. The molecule has 0 aliphatic carbocycles. The molecule has 0 saturated carbocycles. The number of hydrogen-bond donors (Lipinski definition) is 1. The minimum atomic E-state index is -0.395. The molecule has 0 spiro atoms. The zero-order valence-corrected chi connectivity index (χ0v) is 13.0. The Balaban J connectivity index is 2.52. The molecule has 1 atom stereocenters. The first-order valence-electron chi connectivity index (χ1n) is 6.80. The van der Waals surface area contributed by atoms with E-state index in [0.717, 1.165) is 19.5 Å². The summed E-state index contributed by atoms with van der Waals surface area (Å²) in [6.45, 7) is 6.40. The number of hydrogen-bond acceptors (Lipinski definition) is 4. The summed E-state index contributed by atoms with van der Waals surface area (Å²) in [5.41, 5.74) is 0.616. The van der Waals surface area contributed by atoms with Crippen molar-refractivity contribution in [3.05, 3.63) is 38.9 Å². The van der Waals surface area contributed by atoms with E-state index in [2.05, 4.69) is 31.1 Å². The van der Waals surface area contributed by atoms with Crippen molar-refractivity contribution in [2.45, 2.75) is 32.9 Å². The van der Waals surface area contributed by atoms with Crippen molar-refractivity contribution in [3.8, 4) is 0 Å². The minimum absolute atomic E-state index is 0.0697. The largest absolute Gasteiger partial charge is 0.311 e. The highest BCUT2D eigenvalue weighted by Crippen LogP contribution is 2.25. The molecule has 5 nitrogen and oxygen atoms in total. The summed E-state index contributed by atoms with van der Waals surface area (Å²) in [6, 6.07) is 5.29. The van der Waals surface area contributed by atoms with Crippen LogP contribution in [0.2, 0.25) is 5.02 Å². The fourth-order valence-corrected chi connectivity index (χ4v) is 2.13. The lowest BCUT2D eigenvalue weighted by Crippen LogP contribution is -2.34. The fraction of sp³-hybridized carbons (Fsp3) is 0.571. The molecule has 6 heteroatoms. The van der Waals surface area contributed by atoms with Gasteiger partial charge in [-0.1, -0.05) is 24.6 Å². The Hall–Kier alpha value is -1.17. The molecule has 0 bridgehead atoms. The maximum absolute atomic E-state index is 11.0. The zero-order valence-electron chi connectivity index (χ0n) is 12.2. The van der Waals surface area contributed by atoms with E-state index in [9.17, 15) is 10.1 Å². The number of benzene rings is 1. The zero-order chi connectivity index (χ0) is 15.1. The van der Waals surface area contributed by atoms with Gasteiger partial charge in [-0.2, -0.15) is 0 Å². The van der Waals surface area contributed by atoms with Crippen LogP contribution in [0.1, 0.15) is 25.8 Å². The second kappa shape index (κ2) is 8.19. The Morgan fingerprint density at radius 2 is 2.20 bits per heavy atom. The van der Waals surface area contributed by atoms with Crippen molar-refractivity contribution in [3.63, 3.8) is 0 Å². The van der Waals surface area contributed by atoms with E-state index in [-0.39, 0.29) is 5.69 Å². The molecule has 1 aromatic carbocycles. The molecular weight excluding hydrogens is 278 g/mol. The van der Waals surface area contributed by atoms with Gasteiger partial charge in [0.05, 0.1) is 15.5 Å². The van der Waals surface area contributed by atoms with E-state index in [1.165, 1.54) is 6.07 Å². The molecule has 0 aromatic heterocycles. The second-order valence-electron chi connectivity index (χ2n) is 4.91. The smallest absolute Gasteiger partial charge is 0.275 e. The van der Waals surface area contributed by atoms with Crippen molar-refractivity contribution in [1.29, 1.82) is 0 Å². The monoisotopic (exact) mass is 299 g/mol. The minimum Gasteiger partial charge on any atom is -0.311 e. The van der Waals surface area contributed by atoms with Crippen LogP contribution in [0.4, 0.5) is 5.69 Å². The summed E-state index contributed by atoms with van der Waals surface area (Å²) in [5, 5.41) is 14.6. The van der Waals surface area contributed by atoms with Crippen molar-refractivity contribution < 1.29 is 4.92 Å². The van der Waals surface area contributed by atoms with Gasteiger partial charge in [-0.3, -0.25) is 10.1 Å². The fourth-order valence-electron chi connectivity index (χ4n) is 1.89. The Morgan fingerprint density at radius 3 is 2.80 bits per heavy atom. The Labute approximate surface area is 125 Å². The highest BCUT2D eigenvalue weighted by Gasteiger charge is 2.16. The Bertz CT molecular complexity index is 454. The van der Waals surface area contributed by atoms with Gasteiger partial charge < -0.3 is 10.2 Å².